The van der Waals surface area contributed by atoms with E-state index >= 15 is 0 Å². The first-order valence-corrected chi connectivity index (χ1v) is 5.86. The highest BCUT2D eigenvalue weighted by molar-refractivity contribution is 5.92. The van der Waals surface area contributed by atoms with Gasteiger partial charge in [0, 0.05) is 13.1 Å². The fourth-order valence-electron chi connectivity index (χ4n) is 1.23. The molecule has 0 saturated carbocycles. The molecule has 1 aromatic rings. The van der Waals surface area contributed by atoms with Crippen LogP contribution in [0.1, 0.15) is 63.4 Å². The fourth-order valence-corrected chi connectivity index (χ4v) is 1.23. The van der Waals surface area contributed by atoms with Crippen LogP contribution < -0.4 is 0 Å². The second-order valence-electron chi connectivity index (χ2n) is 3.70. The van der Waals surface area contributed by atoms with Crippen LogP contribution >= 0.6 is 12.4 Å². The number of rotatable bonds is 5. The Bertz CT molecular complexity index is 240. The molecule has 1 N–H and O–H groups in total. The van der Waals surface area contributed by atoms with Gasteiger partial charge in [-0.3, -0.25) is 4.79 Å². The molecular formula is C13H24ClNO. The van der Waals surface area contributed by atoms with Gasteiger partial charge < -0.3 is 4.98 Å². The molecule has 0 aliphatic heterocycles. The normalized spacial score (nSPS) is 8.69. The Balaban J connectivity index is 0. The number of ketones is 1. The first kappa shape index (κ1) is 17.6. The molecular weight excluding hydrogens is 222 g/mol. The first-order chi connectivity index (χ1) is 7.22. The van der Waals surface area contributed by atoms with Crippen molar-refractivity contribution >= 4 is 18.2 Å². The molecule has 1 heterocycles. The second kappa shape index (κ2) is 12.3. The van der Waals surface area contributed by atoms with E-state index in [2.05, 4.69) is 18.8 Å². The fraction of sp³-hybridized carbons (Fsp3) is 0.615. The molecule has 0 atom stereocenters. The van der Waals surface area contributed by atoms with E-state index in [1.165, 1.54) is 39.0 Å². The van der Waals surface area contributed by atoms with Gasteiger partial charge in [0.15, 0.2) is 5.78 Å². The number of hydrogen-bond donors (Lipinski definition) is 1. The molecule has 0 unspecified atom stereocenters. The average Bonchev–Trinajstić information content (AvgIpc) is 2.72. The van der Waals surface area contributed by atoms with Crippen LogP contribution in [0, 0.1) is 0 Å². The Kier molecular flexibility index (Phi) is 13.6. The third kappa shape index (κ3) is 9.78. The number of carbonyl (C=O) groups excluding carboxylic acids is 1. The minimum atomic E-state index is 0. The van der Waals surface area contributed by atoms with E-state index in [0.29, 0.717) is 5.69 Å². The second-order valence-corrected chi connectivity index (χ2v) is 3.70. The minimum absolute atomic E-state index is 0. The van der Waals surface area contributed by atoms with Crippen LogP contribution in [0.15, 0.2) is 18.3 Å². The van der Waals surface area contributed by atoms with Crippen LogP contribution in [0.5, 0.6) is 0 Å². The Hall–Kier alpha value is -0.760. The molecule has 3 heteroatoms. The maximum Gasteiger partial charge on any atom is 0.175 e. The minimum Gasteiger partial charge on any atom is -0.359 e. The highest BCUT2D eigenvalue weighted by Crippen LogP contribution is 2.00. The highest BCUT2D eigenvalue weighted by atomic mass is 35.5. The summed E-state index contributed by atoms with van der Waals surface area (Å²) in [5, 5.41) is 0. The van der Waals surface area contributed by atoms with Gasteiger partial charge in [-0.1, -0.05) is 46.0 Å². The molecule has 2 nitrogen and oxygen atoms in total. The predicted octanol–water partition coefficient (Wildman–Crippen LogP) is 4.62. The zero-order chi connectivity index (χ0) is 11.5. The van der Waals surface area contributed by atoms with Gasteiger partial charge in [0.05, 0.1) is 5.69 Å². The number of Topliss-reactive ketones (excluding diaryl/α,β-unsaturated/α-hetero) is 1. The molecule has 0 aliphatic rings. The van der Waals surface area contributed by atoms with Crippen molar-refractivity contribution < 1.29 is 4.79 Å². The zero-order valence-electron chi connectivity index (χ0n) is 10.6. The van der Waals surface area contributed by atoms with E-state index in [0.717, 1.165) is 0 Å². The van der Waals surface area contributed by atoms with Crippen molar-refractivity contribution in [3.8, 4) is 0 Å². The molecule has 0 spiro atoms. The number of nitrogens with one attached hydrogen (secondary N) is 1. The number of hydrogen-bond acceptors (Lipinski definition) is 1. The monoisotopic (exact) mass is 245 g/mol. The molecule has 0 saturated heterocycles. The summed E-state index contributed by atoms with van der Waals surface area (Å²) in [6.07, 6.45) is 8.74. The summed E-state index contributed by atoms with van der Waals surface area (Å²) in [4.78, 5) is 13.3. The Morgan fingerprint density at radius 3 is 2.00 bits per heavy atom. The predicted molar refractivity (Wildman–Crippen MR) is 72.5 cm³/mol. The number of unbranched alkanes of at least 4 members (excludes halogenated alkanes) is 4. The van der Waals surface area contributed by atoms with E-state index in [1.807, 2.05) is 0 Å². The van der Waals surface area contributed by atoms with Crippen molar-refractivity contribution in [2.24, 2.45) is 0 Å². The van der Waals surface area contributed by atoms with Gasteiger partial charge >= 0.3 is 0 Å². The molecule has 0 radical (unpaired) electrons. The van der Waals surface area contributed by atoms with E-state index in [9.17, 15) is 4.79 Å². The molecule has 0 fully saturated rings. The summed E-state index contributed by atoms with van der Waals surface area (Å²) in [5.41, 5.74) is 0.671. The van der Waals surface area contributed by atoms with Crippen molar-refractivity contribution in [2.45, 2.75) is 52.9 Å². The Labute approximate surface area is 105 Å². The highest BCUT2D eigenvalue weighted by Gasteiger charge is 1.94. The van der Waals surface area contributed by atoms with Gasteiger partial charge in [-0.25, -0.2) is 0 Å². The van der Waals surface area contributed by atoms with Gasteiger partial charge in [0.2, 0.25) is 0 Å². The van der Waals surface area contributed by atoms with Crippen molar-refractivity contribution in [3.05, 3.63) is 24.0 Å². The van der Waals surface area contributed by atoms with Gasteiger partial charge in [0.25, 0.3) is 0 Å². The van der Waals surface area contributed by atoms with Gasteiger partial charge in [-0.15, -0.1) is 12.4 Å². The number of aromatic nitrogens is 1. The standard InChI is InChI=1S/C7H16.C6H7NO.ClH/c1-3-5-7-6-4-2;1-5(8)6-3-2-4-7-6;/h3-7H2,1-2H3;2-4,7H,1H3;1H. The van der Waals surface area contributed by atoms with E-state index in [1.54, 1.807) is 18.3 Å². The number of H-pyrrole nitrogens is 1. The lowest BCUT2D eigenvalue weighted by atomic mass is 10.2. The van der Waals surface area contributed by atoms with Gasteiger partial charge in [-0.05, 0) is 12.1 Å². The maximum atomic E-state index is 10.5. The van der Waals surface area contributed by atoms with E-state index < -0.39 is 0 Å². The zero-order valence-corrected chi connectivity index (χ0v) is 11.4. The van der Waals surface area contributed by atoms with Crippen LogP contribution in [-0.2, 0) is 0 Å². The van der Waals surface area contributed by atoms with Crippen LogP contribution in [0.25, 0.3) is 0 Å². The number of carbonyl (C=O) groups is 1. The lowest BCUT2D eigenvalue weighted by molar-refractivity contribution is 0.101. The topological polar surface area (TPSA) is 32.9 Å². The number of halogens is 1. The lowest BCUT2D eigenvalue weighted by Gasteiger charge is -1.90. The summed E-state index contributed by atoms with van der Waals surface area (Å²) >= 11 is 0. The summed E-state index contributed by atoms with van der Waals surface area (Å²) in [5.74, 6) is 0.0787. The molecule has 0 aliphatic carbocycles. The van der Waals surface area contributed by atoms with Crippen LogP contribution in [0.2, 0.25) is 0 Å². The molecule has 1 rings (SSSR count). The summed E-state index contributed by atoms with van der Waals surface area (Å²) in [6, 6.07) is 3.55. The lowest BCUT2D eigenvalue weighted by Crippen LogP contribution is -1.89. The SMILES string of the molecule is CC(=O)c1ccc[nH]1.CCCCCCC.Cl. The quantitative estimate of drug-likeness (QED) is 0.596. The van der Waals surface area contributed by atoms with Crippen LogP contribution in [-0.4, -0.2) is 10.8 Å². The van der Waals surface area contributed by atoms with Crippen molar-refractivity contribution in [1.29, 1.82) is 0 Å². The summed E-state index contributed by atoms with van der Waals surface area (Å²) in [7, 11) is 0. The number of aromatic amines is 1. The van der Waals surface area contributed by atoms with Crippen LogP contribution in [0.4, 0.5) is 0 Å². The van der Waals surface area contributed by atoms with E-state index in [-0.39, 0.29) is 18.2 Å². The van der Waals surface area contributed by atoms with Crippen LogP contribution in [0.3, 0.4) is 0 Å². The van der Waals surface area contributed by atoms with E-state index in [4.69, 9.17) is 0 Å². The smallest absolute Gasteiger partial charge is 0.175 e. The molecule has 0 amide bonds. The van der Waals surface area contributed by atoms with Crippen molar-refractivity contribution in [3.63, 3.8) is 0 Å². The average molecular weight is 246 g/mol. The Morgan fingerprint density at radius 2 is 1.75 bits per heavy atom. The van der Waals surface area contributed by atoms with Crippen molar-refractivity contribution in [2.75, 3.05) is 0 Å². The third-order valence-electron chi connectivity index (χ3n) is 2.18. The molecule has 16 heavy (non-hydrogen) atoms. The molecule has 0 aromatic carbocycles. The Morgan fingerprint density at radius 1 is 1.19 bits per heavy atom. The van der Waals surface area contributed by atoms with Gasteiger partial charge in [-0.2, -0.15) is 0 Å². The van der Waals surface area contributed by atoms with Gasteiger partial charge in [0.1, 0.15) is 0 Å². The van der Waals surface area contributed by atoms with Crippen molar-refractivity contribution in [1.82, 2.24) is 4.98 Å². The summed E-state index contributed by atoms with van der Waals surface area (Å²) < 4.78 is 0. The largest absolute Gasteiger partial charge is 0.359 e. The molecule has 0 bridgehead atoms. The molecule has 94 valence electrons. The molecule has 1 aromatic heterocycles. The first-order valence-electron chi connectivity index (χ1n) is 5.86. The third-order valence-corrected chi connectivity index (χ3v) is 2.18. The maximum absolute atomic E-state index is 10.5. The summed E-state index contributed by atoms with van der Waals surface area (Å²) in [6.45, 7) is 6.02.